The summed E-state index contributed by atoms with van der Waals surface area (Å²) in [6.07, 6.45) is 6.27. The minimum Gasteiger partial charge on any atom is -0.351 e. The summed E-state index contributed by atoms with van der Waals surface area (Å²) < 4.78 is 0. The monoisotopic (exact) mass is 326 g/mol. The van der Waals surface area contributed by atoms with E-state index in [1.165, 1.54) is 11.8 Å². The number of carbonyl (C=O) groups excluding carboxylic acids is 1. The van der Waals surface area contributed by atoms with Gasteiger partial charge < -0.3 is 15.1 Å². The van der Waals surface area contributed by atoms with Gasteiger partial charge in [0.25, 0.3) is 5.91 Å². The van der Waals surface area contributed by atoms with Gasteiger partial charge in [-0.25, -0.2) is 0 Å². The highest BCUT2D eigenvalue weighted by molar-refractivity contribution is 5.96. The summed E-state index contributed by atoms with van der Waals surface area (Å²) in [5.74, 6) is -0.163. The zero-order valence-electron chi connectivity index (χ0n) is 14.0. The van der Waals surface area contributed by atoms with Crippen molar-refractivity contribution in [1.82, 2.24) is 15.1 Å². The smallest absolute Gasteiger partial charge is 0.251 e. The predicted molar refractivity (Wildman–Crippen MR) is 94.6 cm³/mol. The van der Waals surface area contributed by atoms with Crippen molar-refractivity contribution in [3.8, 4) is 0 Å². The van der Waals surface area contributed by atoms with Crippen LogP contribution in [0.3, 0.4) is 0 Å². The fourth-order valence-electron chi connectivity index (χ4n) is 2.35. The van der Waals surface area contributed by atoms with Crippen molar-refractivity contribution < 1.29 is 4.79 Å². The standard InChI is InChI=1S/C18H22N4O2/c1-21(14-15-6-4-3-5-7-15)11-9-19-18(23)16-8-10-22(2)17(12-16)13-20-24/h3-8,10,12-13H,9,11,14H2,1-2H3,(H,19,23)/b17-13-. The molecule has 1 N–H and O–H groups in total. The third-order valence-electron chi connectivity index (χ3n) is 3.71. The quantitative estimate of drug-likeness (QED) is 0.781. The Labute approximate surface area is 142 Å². The number of hydrogen-bond donors (Lipinski definition) is 1. The molecule has 0 aromatic heterocycles. The molecular formula is C18H22N4O2. The Hall–Kier alpha value is -2.73. The number of nitrogens with zero attached hydrogens (tertiary/aromatic N) is 3. The van der Waals surface area contributed by atoms with Crippen molar-refractivity contribution in [1.29, 1.82) is 0 Å². The number of carbonyl (C=O) groups is 1. The molecule has 0 fully saturated rings. The van der Waals surface area contributed by atoms with Crippen LogP contribution in [0, 0.1) is 4.91 Å². The van der Waals surface area contributed by atoms with Gasteiger partial charge in [-0.05, 0) is 29.9 Å². The molecule has 126 valence electrons. The van der Waals surface area contributed by atoms with E-state index in [-0.39, 0.29) is 5.91 Å². The minimum atomic E-state index is -0.163. The summed E-state index contributed by atoms with van der Waals surface area (Å²) in [4.78, 5) is 26.4. The number of nitrogens with one attached hydrogen (secondary N) is 1. The first-order valence-electron chi connectivity index (χ1n) is 7.76. The Bertz CT molecular complexity index is 665. The second kappa shape index (κ2) is 8.79. The molecule has 1 aromatic rings. The third kappa shape index (κ3) is 5.17. The Morgan fingerprint density at radius 1 is 1.33 bits per heavy atom. The molecule has 0 bridgehead atoms. The van der Waals surface area contributed by atoms with Gasteiger partial charge in [0, 0.05) is 38.5 Å². The van der Waals surface area contributed by atoms with Gasteiger partial charge in [-0.2, -0.15) is 0 Å². The summed E-state index contributed by atoms with van der Waals surface area (Å²) >= 11 is 0. The van der Waals surface area contributed by atoms with E-state index in [0.29, 0.717) is 17.8 Å². The maximum absolute atomic E-state index is 12.2. The van der Waals surface area contributed by atoms with Crippen molar-refractivity contribution in [3.05, 3.63) is 76.6 Å². The average Bonchev–Trinajstić information content (AvgIpc) is 2.58. The molecule has 0 radical (unpaired) electrons. The molecule has 0 unspecified atom stereocenters. The van der Waals surface area contributed by atoms with Crippen LogP contribution >= 0.6 is 0 Å². The lowest BCUT2D eigenvalue weighted by Gasteiger charge is -2.20. The van der Waals surface area contributed by atoms with Crippen LogP contribution in [-0.2, 0) is 11.3 Å². The van der Waals surface area contributed by atoms with E-state index in [1.54, 1.807) is 30.3 Å². The van der Waals surface area contributed by atoms with E-state index in [0.717, 1.165) is 13.1 Å². The molecule has 1 aliphatic heterocycles. The zero-order valence-corrected chi connectivity index (χ0v) is 14.0. The molecule has 24 heavy (non-hydrogen) atoms. The molecule has 0 atom stereocenters. The average molecular weight is 326 g/mol. The molecule has 1 heterocycles. The maximum Gasteiger partial charge on any atom is 0.251 e. The number of hydrogen-bond acceptors (Lipinski definition) is 5. The van der Waals surface area contributed by atoms with Gasteiger partial charge in [-0.15, -0.1) is 4.91 Å². The van der Waals surface area contributed by atoms with Crippen LogP contribution in [0.1, 0.15) is 5.56 Å². The van der Waals surface area contributed by atoms with Gasteiger partial charge in [-0.3, -0.25) is 4.79 Å². The van der Waals surface area contributed by atoms with Gasteiger partial charge in [-0.1, -0.05) is 30.3 Å². The summed E-state index contributed by atoms with van der Waals surface area (Å²) in [5.41, 5.74) is 2.33. The maximum atomic E-state index is 12.2. The van der Waals surface area contributed by atoms with Crippen LogP contribution in [0.4, 0.5) is 0 Å². The molecule has 0 saturated heterocycles. The fourth-order valence-corrected chi connectivity index (χ4v) is 2.35. The molecule has 1 aromatic carbocycles. The van der Waals surface area contributed by atoms with E-state index in [4.69, 9.17) is 0 Å². The number of benzene rings is 1. The van der Waals surface area contributed by atoms with E-state index in [2.05, 4.69) is 27.5 Å². The molecule has 1 amide bonds. The molecule has 6 heteroatoms. The van der Waals surface area contributed by atoms with Crippen molar-refractivity contribution >= 4 is 5.91 Å². The van der Waals surface area contributed by atoms with Crippen LogP contribution in [-0.4, -0.2) is 42.9 Å². The van der Waals surface area contributed by atoms with Crippen LogP contribution in [0.5, 0.6) is 0 Å². The highest BCUT2D eigenvalue weighted by Gasteiger charge is 2.13. The van der Waals surface area contributed by atoms with Gasteiger partial charge in [0.1, 0.15) is 0 Å². The van der Waals surface area contributed by atoms with Gasteiger partial charge in [0.2, 0.25) is 0 Å². The second-order valence-electron chi connectivity index (χ2n) is 5.66. The predicted octanol–water partition coefficient (Wildman–Crippen LogP) is 2.23. The lowest BCUT2D eigenvalue weighted by molar-refractivity contribution is -0.117. The first-order valence-corrected chi connectivity index (χ1v) is 7.76. The molecule has 0 aliphatic carbocycles. The van der Waals surface area contributed by atoms with Crippen molar-refractivity contribution in [2.45, 2.75) is 6.54 Å². The van der Waals surface area contributed by atoms with Gasteiger partial charge in [0.15, 0.2) is 0 Å². The normalized spacial score (nSPS) is 15.5. The zero-order chi connectivity index (χ0) is 17.4. The van der Waals surface area contributed by atoms with Crippen molar-refractivity contribution in [2.24, 2.45) is 5.18 Å². The number of rotatable bonds is 7. The second-order valence-corrected chi connectivity index (χ2v) is 5.66. The van der Waals surface area contributed by atoms with E-state index in [9.17, 15) is 9.70 Å². The largest absolute Gasteiger partial charge is 0.351 e. The molecule has 2 rings (SSSR count). The number of amides is 1. The Kier molecular flexibility index (Phi) is 6.45. The third-order valence-corrected chi connectivity index (χ3v) is 3.71. The van der Waals surface area contributed by atoms with E-state index in [1.807, 2.05) is 25.2 Å². The first kappa shape index (κ1) is 17.6. The lowest BCUT2D eigenvalue weighted by atomic mass is 10.1. The Morgan fingerprint density at radius 2 is 2.08 bits per heavy atom. The lowest BCUT2D eigenvalue weighted by Crippen LogP contribution is -2.33. The minimum absolute atomic E-state index is 0.163. The molecule has 0 spiro atoms. The van der Waals surface area contributed by atoms with Crippen LogP contribution < -0.4 is 5.32 Å². The SMILES string of the molecule is CN(CCNC(=O)C1=C/C(=C/N=O)N(C)C=C1)Cc1ccccc1. The number of allylic oxidation sites excluding steroid dienone is 1. The van der Waals surface area contributed by atoms with E-state index < -0.39 is 0 Å². The Balaban J connectivity index is 1.81. The van der Waals surface area contributed by atoms with E-state index >= 15 is 0 Å². The van der Waals surface area contributed by atoms with Crippen LogP contribution in [0.15, 0.2) is 71.3 Å². The highest BCUT2D eigenvalue weighted by Crippen LogP contribution is 2.15. The highest BCUT2D eigenvalue weighted by atomic mass is 16.2. The van der Waals surface area contributed by atoms with Crippen molar-refractivity contribution in [3.63, 3.8) is 0 Å². The van der Waals surface area contributed by atoms with Crippen molar-refractivity contribution in [2.75, 3.05) is 27.2 Å². The van der Waals surface area contributed by atoms with Crippen LogP contribution in [0.2, 0.25) is 0 Å². The number of nitroso groups, excluding NO2 is 1. The topological polar surface area (TPSA) is 65.0 Å². The molecular weight excluding hydrogens is 304 g/mol. The van der Waals surface area contributed by atoms with Gasteiger partial charge in [0.05, 0.1) is 11.9 Å². The summed E-state index contributed by atoms with van der Waals surface area (Å²) in [6, 6.07) is 10.2. The fraction of sp³-hybridized carbons (Fsp3) is 0.278. The number of likely N-dealkylation sites (N-methyl/N-ethyl adjacent to an activating group) is 2. The Morgan fingerprint density at radius 3 is 2.79 bits per heavy atom. The molecule has 1 aliphatic rings. The molecule has 6 nitrogen and oxygen atoms in total. The van der Waals surface area contributed by atoms with Crippen LogP contribution in [0.25, 0.3) is 0 Å². The summed E-state index contributed by atoms with van der Waals surface area (Å²) in [6.45, 7) is 2.13. The van der Waals surface area contributed by atoms with Gasteiger partial charge >= 0.3 is 0 Å². The summed E-state index contributed by atoms with van der Waals surface area (Å²) in [5, 5.41) is 5.65. The summed E-state index contributed by atoms with van der Waals surface area (Å²) in [7, 11) is 3.81. The first-order chi connectivity index (χ1) is 11.6. The molecule has 0 saturated carbocycles.